The SMILES string of the molecule is C#C.CC.CC.COc1ccc2cc(C(=O)C3CC(C)CN(CC4CC4)C3)ccc2c1.COc1ccc2cc(C(=O)[C@H]3CCCN(CC4CC4)C3)ccc2c1.COc1ccc2cc(C)ccc2c1.FC(F)(F)C1CCN(CC2CC2)CC1. The van der Waals surface area contributed by atoms with Gasteiger partial charge >= 0.3 is 6.18 Å². The highest BCUT2D eigenvalue weighted by Gasteiger charge is 2.41. The Balaban J connectivity index is 0.000000176. The molecule has 3 aliphatic carbocycles. The molecule has 3 saturated carbocycles. The first-order valence-corrected chi connectivity index (χ1v) is 30.6. The molecule has 82 heavy (non-hydrogen) atoms. The lowest BCUT2D eigenvalue weighted by molar-refractivity contribution is -0.185. The van der Waals surface area contributed by atoms with Crippen molar-refractivity contribution >= 4 is 43.9 Å². The summed E-state index contributed by atoms with van der Waals surface area (Å²) < 4.78 is 52.7. The molecule has 0 amide bonds. The third-order valence-electron chi connectivity index (χ3n) is 16.5. The second kappa shape index (κ2) is 32.2. The zero-order valence-corrected chi connectivity index (χ0v) is 50.7. The molecule has 6 aromatic carbocycles. The third kappa shape index (κ3) is 19.9. The first-order valence-electron chi connectivity index (χ1n) is 30.6. The van der Waals surface area contributed by atoms with Crippen molar-refractivity contribution in [1.82, 2.24) is 14.7 Å². The molecule has 3 atom stereocenters. The number of Topliss-reactive ketones (excluding diaryl/α,β-unsaturated/α-hetero) is 2. The number of carbonyl (C=O) groups excluding carboxylic acids is 2. The second-order valence-corrected chi connectivity index (χ2v) is 23.1. The number of fused-ring (bicyclic) bond motifs is 3. The number of hydrogen-bond donors (Lipinski definition) is 0. The van der Waals surface area contributed by atoms with Crippen molar-refractivity contribution in [2.75, 3.05) is 80.2 Å². The quantitative estimate of drug-likeness (QED) is 0.0837. The molecule has 12 rings (SSSR count). The van der Waals surface area contributed by atoms with Crippen molar-refractivity contribution in [1.29, 1.82) is 0 Å². The Kier molecular flexibility index (Phi) is 25.6. The molecule has 0 bridgehead atoms. The van der Waals surface area contributed by atoms with Crippen molar-refractivity contribution in [3.05, 3.63) is 126 Å². The van der Waals surface area contributed by atoms with Crippen LogP contribution in [-0.2, 0) is 0 Å². The number of terminal acetylenes is 1. The molecule has 6 aromatic rings. The highest BCUT2D eigenvalue weighted by molar-refractivity contribution is 6.02. The van der Waals surface area contributed by atoms with Gasteiger partial charge in [0.05, 0.1) is 27.2 Å². The molecule has 0 N–H and O–H groups in total. The Hall–Kier alpha value is -5.93. The number of carbonyl (C=O) groups is 2. The number of benzene rings is 6. The number of halogens is 3. The first-order chi connectivity index (χ1) is 39.7. The van der Waals surface area contributed by atoms with Crippen LogP contribution in [0.5, 0.6) is 17.2 Å². The van der Waals surface area contributed by atoms with Gasteiger partial charge in [-0.3, -0.25) is 9.59 Å². The van der Waals surface area contributed by atoms with Crippen molar-refractivity contribution in [3.8, 4) is 30.1 Å². The molecule has 6 fully saturated rings. The Bertz CT molecular complexity index is 2950. The maximum atomic E-state index is 13.1. The predicted octanol–water partition coefficient (Wildman–Crippen LogP) is 16.7. The van der Waals surface area contributed by atoms with Crippen molar-refractivity contribution < 1.29 is 37.0 Å². The zero-order valence-electron chi connectivity index (χ0n) is 50.7. The summed E-state index contributed by atoms with van der Waals surface area (Å²) in [7, 11) is 5.04. The van der Waals surface area contributed by atoms with Crippen LogP contribution in [0, 0.1) is 61.2 Å². The number of hydrogen-bond acceptors (Lipinski definition) is 8. The minimum Gasteiger partial charge on any atom is -0.497 e. The minimum atomic E-state index is -3.97. The molecule has 0 aromatic heterocycles. The minimum absolute atomic E-state index is 0.137. The smallest absolute Gasteiger partial charge is 0.391 e. The maximum absolute atomic E-state index is 13.1. The van der Waals surface area contributed by atoms with Gasteiger partial charge in [0.15, 0.2) is 11.6 Å². The molecule has 2 unspecified atom stereocenters. The van der Waals surface area contributed by atoms with Crippen LogP contribution in [0.25, 0.3) is 32.3 Å². The van der Waals surface area contributed by atoms with E-state index in [0.717, 1.165) is 120 Å². The molecule has 8 nitrogen and oxygen atoms in total. The van der Waals surface area contributed by atoms with Gasteiger partial charge in [0.1, 0.15) is 17.2 Å². The normalized spacial score (nSPS) is 20.2. The summed E-state index contributed by atoms with van der Waals surface area (Å²) in [5.41, 5.74) is 2.99. The fourth-order valence-electron chi connectivity index (χ4n) is 11.6. The molecule has 3 aliphatic heterocycles. The van der Waals surface area contributed by atoms with E-state index in [0.29, 0.717) is 43.4 Å². The molecular weight excluding hydrogens is 1030 g/mol. The largest absolute Gasteiger partial charge is 0.497 e. The van der Waals surface area contributed by atoms with Crippen LogP contribution in [0.2, 0.25) is 0 Å². The Labute approximate surface area is 489 Å². The van der Waals surface area contributed by atoms with Gasteiger partial charge in [-0.1, -0.05) is 101 Å². The van der Waals surface area contributed by atoms with E-state index < -0.39 is 12.1 Å². The van der Waals surface area contributed by atoms with Gasteiger partial charge in [0, 0.05) is 62.2 Å². The molecule has 11 heteroatoms. The van der Waals surface area contributed by atoms with Crippen molar-refractivity contribution in [3.63, 3.8) is 0 Å². The summed E-state index contributed by atoms with van der Waals surface area (Å²) in [5, 5.41) is 6.93. The fourth-order valence-corrected chi connectivity index (χ4v) is 11.6. The molecular formula is C71H94F3N3O5. The van der Waals surface area contributed by atoms with Crippen LogP contribution in [-0.4, -0.2) is 113 Å². The van der Waals surface area contributed by atoms with Gasteiger partial charge in [-0.05, 0) is 202 Å². The zero-order chi connectivity index (χ0) is 59.3. The van der Waals surface area contributed by atoms with Crippen LogP contribution < -0.4 is 14.2 Å². The number of ether oxygens (including phenoxy) is 3. The van der Waals surface area contributed by atoms with Crippen LogP contribution in [0.1, 0.15) is 132 Å². The monoisotopic (exact) mass is 1130 g/mol. The van der Waals surface area contributed by atoms with E-state index in [9.17, 15) is 22.8 Å². The second-order valence-electron chi connectivity index (χ2n) is 23.1. The maximum Gasteiger partial charge on any atom is 0.391 e. The summed E-state index contributed by atoms with van der Waals surface area (Å²) in [4.78, 5) is 33.3. The highest BCUT2D eigenvalue weighted by atomic mass is 19.4. The molecule has 3 saturated heterocycles. The number of methoxy groups -OCH3 is 3. The van der Waals surface area contributed by atoms with Gasteiger partial charge < -0.3 is 28.9 Å². The number of ketones is 2. The van der Waals surface area contributed by atoms with Crippen molar-refractivity contribution in [2.45, 2.75) is 118 Å². The van der Waals surface area contributed by atoms with E-state index in [1.807, 2.05) is 107 Å². The van der Waals surface area contributed by atoms with Gasteiger partial charge in [0.2, 0.25) is 0 Å². The predicted molar refractivity (Wildman–Crippen MR) is 334 cm³/mol. The summed E-state index contributed by atoms with van der Waals surface area (Å²) in [5.74, 6) is 5.67. The Morgan fingerprint density at radius 1 is 0.488 bits per heavy atom. The number of alkyl halides is 3. The fraction of sp³-hybridized carbons (Fsp3) is 0.521. The third-order valence-corrected chi connectivity index (χ3v) is 16.5. The van der Waals surface area contributed by atoms with Gasteiger partial charge in [0.25, 0.3) is 0 Å². The number of rotatable bonds is 13. The highest BCUT2D eigenvalue weighted by Crippen LogP contribution is 2.38. The Morgan fingerprint density at radius 3 is 1.33 bits per heavy atom. The van der Waals surface area contributed by atoms with E-state index in [1.54, 1.807) is 21.3 Å². The van der Waals surface area contributed by atoms with Gasteiger partial charge in [-0.2, -0.15) is 13.2 Å². The molecule has 444 valence electrons. The summed E-state index contributed by atoms with van der Waals surface area (Å²) >= 11 is 0. The first kappa shape index (κ1) is 65.2. The van der Waals surface area contributed by atoms with Crippen LogP contribution >= 0.6 is 0 Å². The number of aryl methyl sites for hydroxylation is 1. The van der Waals surface area contributed by atoms with Crippen LogP contribution in [0.3, 0.4) is 0 Å². The van der Waals surface area contributed by atoms with E-state index >= 15 is 0 Å². The lowest BCUT2D eigenvalue weighted by Gasteiger charge is -2.36. The lowest BCUT2D eigenvalue weighted by Crippen LogP contribution is -2.43. The summed E-state index contributed by atoms with van der Waals surface area (Å²) in [6.45, 7) is 21.3. The molecule has 0 spiro atoms. The number of piperidine rings is 3. The summed E-state index contributed by atoms with van der Waals surface area (Å²) in [6, 6.07) is 36.7. The van der Waals surface area contributed by atoms with E-state index in [2.05, 4.69) is 71.7 Å². The molecule has 6 aliphatic rings. The van der Waals surface area contributed by atoms with Crippen LogP contribution in [0.15, 0.2) is 109 Å². The summed E-state index contributed by atoms with van der Waals surface area (Å²) in [6.07, 6.45) is 15.9. The van der Waals surface area contributed by atoms with E-state index in [4.69, 9.17) is 14.2 Å². The van der Waals surface area contributed by atoms with Gasteiger partial charge in [-0.25, -0.2) is 0 Å². The van der Waals surface area contributed by atoms with E-state index in [-0.39, 0.29) is 11.8 Å². The van der Waals surface area contributed by atoms with E-state index in [1.165, 1.54) is 68.0 Å². The number of nitrogens with zero attached hydrogens (tertiary/aromatic N) is 3. The lowest BCUT2D eigenvalue weighted by atomic mass is 9.84. The van der Waals surface area contributed by atoms with Crippen molar-refractivity contribution in [2.24, 2.45) is 41.4 Å². The number of likely N-dealkylation sites (tertiary alicyclic amines) is 3. The topological polar surface area (TPSA) is 71.5 Å². The van der Waals surface area contributed by atoms with Gasteiger partial charge in [-0.15, -0.1) is 12.8 Å². The average Bonchev–Trinajstić information content (AvgIpc) is 4.40. The molecule has 3 heterocycles. The Morgan fingerprint density at radius 2 is 0.878 bits per heavy atom. The standard InChI is InChI=1S/C22H27NO2.C21H25NO2.C12H12O.C10H16F3N.2C2H6.C2H2/c1-15-9-20(14-23(12-15)13-16-3-4-16)22(24)19-6-5-18-11-21(25-2)8-7-17(18)10-19;1-24-20-9-8-16-11-18(7-6-17(16)12-20)21(23)19-3-2-10-22(14-19)13-15-4-5-15;1-9-3-4-11-8-12(13-2)6-5-10(11)7-9;11-10(12,13)9-3-5-14(6-4-9)7-8-1-2-8;3*1-2/h5-8,10-11,15-16,20H,3-4,9,12-14H2,1-2H3;6-9,11-12,15,19H,2-5,10,13-14H2,1H3;3-8H,1-2H3;8-9H,1-7H2;2*1-2H3;1-2H/t;19-;;;;;/m.0...../s1. The van der Waals surface area contributed by atoms with Crippen LogP contribution in [0.4, 0.5) is 13.2 Å². The molecule has 0 radical (unpaired) electrons. The average molecular weight is 1130 g/mol.